The highest BCUT2D eigenvalue weighted by Gasteiger charge is 2.26. The molecule has 0 aliphatic heterocycles. The Morgan fingerprint density at radius 1 is 1.08 bits per heavy atom. The second-order valence-corrected chi connectivity index (χ2v) is 6.28. The van der Waals surface area contributed by atoms with E-state index in [0.717, 1.165) is 36.0 Å². The normalized spacial score (nSPS) is 11.8. The number of benzene rings is 2. The van der Waals surface area contributed by atoms with Crippen molar-refractivity contribution in [3.63, 3.8) is 0 Å². The van der Waals surface area contributed by atoms with Gasteiger partial charge in [-0.3, -0.25) is 9.59 Å². The Morgan fingerprint density at radius 3 is 2.52 bits per heavy atom. The fourth-order valence-corrected chi connectivity index (χ4v) is 3.54. The van der Waals surface area contributed by atoms with Crippen LogP contribution in [0.5, 0.6) is 5.75 Å². The van der Waals surface area contributed by atoms with Crippen molar-refractivity contribution in [2.45, 2.75) is 46.0 Å². The van der Waals surface area contributed by atoms with E-state index in [4.69, 9.17) is 9.84 Å². The number of carbonyl (C=O) groups is 2. The molecular formula is C21H22O4. The highest BCUT2D eigenvalue weighted by atomic mass is 16.5. The molecule has 0 fully saturated rings. The van der Waals surface area contributed by atoms with Gasteiger partial charge in [0.05, 0.1) is 12.8 Å². The number of aliphatic carboxylic acids is 1. The summed E-state index contributed by atoms with van der Waals surface area (Å²) in [6, 6.07) is 10.5. The molecule has 0 bridgehead atoms. The summed E-state index contributed by atoms with van der Waals surface area (Å²) in [7, 11) is 0. The Bertz CT molecular complexity index is 836. The van der Waals surface area contributed by atoms with E-state index in [-0.39, 0.29) is 12.8 Å². The molecule has 0 atom stereocenters. The van der Waals surface area contributed by atoms with Crippen LogP contribution in [0.15, 0.2) is 30.3 Å². The predicted octanol–water partition coefficient (Wildman–Crippen LogP) is 4.15. The molecule has 0 heterocycles. The van der Waals surface area contributed by atoms with Gasteiger partial charge in [-0.15, -0.1) is 0 Å². The van der Waals surface area contributed by atoms with E-state index in [1.165, 1.54) is 16.7 Å². The zero-order valence-corrected chi connectivity index (χ0v) is 14.6. The smallest absolute Gasteiger partial charge is 0.311 e. The lowest BCUT2D eigenvalue weighted by Gasteiger charge is -2.17. The van der Waals surface area contributed by atoms with Crippen LogP contribution in [-0.4, -0.2) is 17.0 Å². The molecule has 0 aromatic heterocycles. The van der Waals surface area contributed by atoms with E-state index in [1.54, 1.807) is 0 Å². The first kappa shape index (κ1) is 17.2. The zero-order chi connectivity index (χ0) is 18.0. The van der Waals surface area contributed by atoms with Crippen molar-refractivity contribution in [3.05, 3.63) is 52.6 Å². The largest absolute Gasteiger partial charge is 0.481 e. The van der Waals surface area contributed by atoms with Gasteiger partial charge in [-0.25, -0.2) is 0 Å². The van der Waals surface area contributed by atoms with Crippen LogP contribution >= 0.6 is 0 Å². The SMILES string of the molecule is CCc1cc2c(c(OC(=O)CCC(=O)O)c1CC)Cc1ccccc1-2. The van der Waals surface area contributed by atoms with Crippen LogP contribution in [0, 0.1) is 0 Å². The first-order valence-electron chi connectivity index (χ1n) is 8.73. The highest BCUT2D eigenvalue weighted by molar-refractivity contribution is 5.84. The first-order chi connectivity index (χ1) is 12.0. The maximum atomic E-state index is 12.2. The van der Waals surface area contributed by atoms with Gasteiger partial charge in [0.25, 0.3) is 0 Å². The summed E-state index contributed by atoms with van der Waals surface area (Å²) in [5.74, 6) is -0.834. The van der Waals surface area contributed by atoms with Gasteiger partial charge in [-0.1, -0.05) is 44.2 Å². The molecule has 25 heavy (non-hydrogen) atoms. The molecule has 0 amide bonds. The second-order valence-electron chi connectivity index (χ2n) is 6.28. The molecule has 130 valence electrons. The van der Waals surface area contributed by atoms with Gasteiger partial charge in [-0.2, -0.15) is 0 Å². The molecule has 0 saturated carbocycles. The van der Waals surface area contributed by atoms with Crippen molar-refractivity contribution in [2.75, 3.05) is 0 Å². The third kappa shape index (κ3) is 3.29. The fraction of sp³-hybridized carbons (Fsp3) is 0.333. The van der Waals surface area contributed by atoms with Crippen LogP contribution in [0.25, 0.3) is 11.1 Å². The van der Waals surface area contributed by atoms with E-state index in [0.29, 0.717) is 5.75 Å². The third-order valence-corrected chi connectivity index (χ3v) is 4.75. The topological polar surface area (TPSA) is 63.6 Å². The molecule has 1 aliphatic carbocycles. The van der Waals surface area contributed by atoms with Crippen LogP contribution in [-0.2, 0) is 28.9 Å². The Hall–Kier alpha value is -2.62. The minimum absolute atomic E-state index is 0.115. The van der Waals surface area contributed by atoms with Gasteiger partial charge in [-0.05, 0) is 40.7 Å². The number of rotatable bonds is 6. The minimum Gasteiger partial charge on any atom is -0.481 e. The quantitative estimate of drug-likeness (QED) is 0.542. The maximum absolute atomic E-state index is 12.2. The number of hydrogen-bond acceptors (Lipinski definition) is 3. The molecule has 0 unspecified atom stereocenters. The molecule has 0 radical (unpaired) electrons. The lowest BCUT2D eigenvalue weighted by atomic mass is 9.94. The van der Waals surface area contributed by atoms with Crippen molar-refractivity contribution in [2.24, 2.45) is 0 Å². The van der Waals surface area contributed by atoms with Crippen molar-refractivity contribution >= 4 is 11.9 Å². The van der Waals surface area contributed by atoms with Gasteiger partial charge in [0.1, 0.15) is 5.75 Å². The lowest BCUT2D eigenvalue weighted by molar-refractivity contribution is -0.142. The Labute approximate surface area is 147 Å². The number of carbonyl (C=O) groups excluding carboxylic acids is 1. The predicted molar refractivity (Wildman–Crippen MR) is 95.9 cm³/mol. The summed E-state index contributed by atoms with van der Waals surface area (Å²) >= 11 is 0. The number of fused-ring (bicyclic) bond motifs is 3. The molecule has 2 aromatic rings. The first-order valence-corrected chi connectivity index (χ1v) is 8.73. The number of esters is 1. The average molecular weight is 338 g/mol. The lowest BCUT2D eigenvalue weighted by Crippen LogP contribution is -2.13. The summed E-state index contributed by atoms with van der Waals surface area (Å²) < 4.78 is 5.70. The summed E-state index contributed by atoms with van der Waals surface area (Å²) in [5, 5.41) is 8.78. The van der Waals surface area contributed by atoms with Gasteiger partial charge < -0.3 is 9.84 Å². The molecule has 4 heteroatoms. The number of carboxylic acids is 1. The molecule has 1 N–H and O–H groups in total. The van der Waals surface area contributed by atoms with Crippen molar-refractivity contribution in [3.8, 4) is 16.9 Å². The van der Waals surface area contributed by atoms with Crippen molar-refractivity contribution in [1.29, 1.82) is 0 Å². The molecular weight excluding hydrogens is 316 g/mol. The van der Waals surface area contributed by atoms with Gasteiger partial charge in [0.15, 0.2) is 0 Å². The second kappa shape index (κ2) is 7.09. The average Bonchev–Trinajstić information content (AvgIpc) is 2.98. The van der Waals surface area contributed by atoms with E-state index in [1.807, 2.05) is 12.1 Å². The third-order valence-electron chi connectivity index (χ3n) is 4.75. The monoisotopic (exact) mass is 338 g/mol. The van der Waals surface area contributed by atoms with Crippen LogP contribution in [0.2, 0.25) is 0 Å². The number of ether oxygens (including phenoxy) is 1. The Morgan fingerprint density at radius 2 is 1.84 bits per heavy atom. The molecule has 3 rings (SSSR count). The minimum atomic E-state index is -0.993. The number of carboxylic acid groups (broad SMARTS) is 1. The zero-order valence-electron chi connectivity index (χ0n) is 14.6. The molecule has 2 aromatic carbocycles. The van der Waals surface area contributed by atoms with Gasteiger partial charge in [0.2, 0.25) is 0 Å². The summed E-state index contributed by atoms with van der Waals surface area (Å²) in [5.41, 5.74) is 6.83. The van der Waals surface area contributed by atoms with E-state index in [9.17, 15) is 9.59 Å². The van der Waals surface area contributed by atoms with E-state index < -0.39 is 11.9 Å². The molecule has 0 spiro atoms. The fourth-order valence-electron chi connectivity index (χ4n) is 3.54. The molecule has 4 nitrogen and oxygen atoms in total. The van der Waals surface area contributed by atoms with Gasteiger partial charge in [0, 0.05) is 12.0 Å². The van der Waals surface area contributed by atoms with Crippen molar-refractivity contribution in [1.82, 2.24) is 0 Å². The van der Waals surface area contributed by atoms with Crippen LogP contribution < -0.4 is 4.74 Å². The van der Waals surface area contributed by atoms with E-state index in [2.05, 4.69) is 32.0 Å². The maximum Gasteiger partial charge on any atom is 0.311 e. The van der Waals surface area contributed by atoms with Gasteiger partial charge >= 0.3 is 11.9 Å². The summed E-state index contributed by atoms with van der Waals surface area (Å²) in [4.78, 5) is 22.9. The number of hydrogen-bond donors (Lipinski definition) is 1. The number of aryl methyl sites for hydroxylation is 1. The summed E-state index contributed by atoms with van der Waals surface area (Å²) in [6.07, 6.45) is 2.05. The van der Waals surface area contributed by atoms with Crippen LogP contribution in [0.1, 0.15) is 48.9 Å². The Balaban J connectivity index is 2.05. The Kier molecular flexibility index (Phi) is 4.88. The summed E-state index contributed by atoms with van der Waals surface area (Å²) in [6.45, 7) is 4.15. The molecule has 0 saturated heterocycles. The molecule has 1 aliphatic rings. The highest BCUT2D eigenvalue weighted by Crippen LogP contribution is 2.44. The van der Waals surface area contributed by atoms with Crippen molar-refractivity contribution < 1.29 is 19.4 Å². The standard InChI is InChI=1S/C21H22O4/c1-3-13-11-17-16-8-6-5-7-14(16)12-18(17)21(15(13)4-2)25-20(24)10-9-19(22)23/h5-8,11H,3-4,9-10,12H2,1-2H3,(H,22,23). The van der Waals surface area contributed by atoms with Crippen LogP contribution in [0.4, 0.5) is 0 Å². The van der Waals surface area contributed by atoms with E-state index >= 15 is 0 Å². The van der Waals surface area contributed by atoms with Crippen LogP contribution in [0.3, 0.4) is 0 Å².